The Morgan fingerprint density at radius 1 is 1.29 bits per heavy atom. The molecule has 3 rings (SSSR count). The van der Waals surface area contributed by atoms with Crippen molar-refractivity contribution in [2.45, 2.75) is 18.9 Å². The molecule has 0 saturated carbocycles. The molecule has 7 heteroatoms. The van der Waals surface area contributed by atoms with E-state index < -0.39 is 6.10 Å². The average molecular weight is 328 g/mol. The van der Waals surface area contributed by atoms with E-state index in [-0.39, 0.29) is 18.2 Å². The Morgan fingerprint density at radius 3 is 2.83 bits per heavy atom. The van der Waals surface area contributed by atoms with E-state index in [2.05, 4.69) is 15.3 Å². The Bertz CT molecular complexity index is 716. The second kappa shape index (κ2) is 7.27. The Hall–Kier alpha value is -2.67. The summed E-state index contributed by atoms with van der Waals surface area (Å²) < 4.78 is 0. The fraction of sp³-hybridized carbons (Fsp3) is 0.353. The molecule has 1 aliphatic rings. The largest absolute Gasteiger partial charge is 0.508 e. The summed E-state index contributed by atoms with van der Waals surface area (Å²) in [5.74, 6) is 0.418. The van der Waals surface area contributed by atoms with Crippen LogP contribution in [-0.2, 0) is 0 Å². The molecule has 1 aromatic heterocycles. The standard InChI is InChI=1S/C17H20N4O3/c22-13-5-3-4-12(8-13)15(23)10-19-16-11-18-9-14(20-16)17(24)21-6-1-2-7-21/h3-5,8-9,11,15,22-23H,1-2,6-7,10H2,(H,19,20). The second-order valence-corrected chi connectivity index (χ2v) is 5.78. The number of aromatic nitrogens is 2. The highest BCUT2D eigenvalue weighted by atomic mass is 16.3. The molecule has 3 N–H and O–H groups in total. The van der Waals surface area contributed by atoms with E-state index in [1.165, 1.54) is 18.5 Å². The van der Waals surface area contributed by atoms with Gasteiger partial charge in [-0.1, -0.05) is 12.1 Å². The van der Waals surface area contributed by atoms with Gasteiger partial charge in [0.25, 0.3) is 5.91 Å². The number of hydrogen-bond donors (Lipinski definition) is 3. The molecule has 126 valence electrons. The van der Waals surface area contributed by atoms with Crippen molar-refractivity contribution >= 4 is 11.7 Å². The minimum atomic E-state index is -0.808. The number of amides is 1. The molecule has 1 saturated heterocycles. The summed E-state index contributed by atoms with van der Waals surface area (Å²) in [6, 6.07) is 6.45. The number of aliphatic hydroxyl groups is 1. The lowest BCUT2D eigenvalue weighted by Gasteiger charge is -2.16. The minimum Gasteiger partial charge on any atom is -0.508 e. The first-order valence-electron chi connectivity index (χ1n) is 7.95. The first-order chi connectivity index (χ1) is 11.6. The van der Waals surface area contributed by atoms with Gasteiger partial charge in [0.05, 0.1) is 18.5 Å². The number of aliphatic hydroxyl groups excluding tert-OH is 1. The smallest absolute Gasteiger partial charge is 0.274 e. The minimum absolute atomic E-state index is 0.101. The van der Waals surface area contributed by atoms with Crippen LogP contribution < -0.4 is 5.32 Å². The number of aromatic hydroxyl groups is 1. The molecule has 24 heavy (non-hydrogen) atoms. The molecule has 1 amide bonds. The molecule has 0 radical (unpaired) electrons. The summed E-state index contributed by atoms with van der Waals surface area (Å²) in [5, 5.41) is 22.6. The average Bonchev–Trinajstić information content (AvgIpc) is 3.14. The van der Waals surface area contributed by atoms with Crippen LogP contribution in [-0.4, -0.2) is 50.6 Å². The fourth-order valence-electron chi connectivity index (χ4n) is 2.69. The molecule has 1 atom stereocenters. The molecule has 1 aliphatic heterocycles. The summed E-state index contributed by atoms with van der Waals surface area (Å²) in [4.78, 5) is 22.4. The number of hydrogen-bond acceptors (Lipinski definition) is 6. The van der Waals surface area contributed by atoms with Gasteiger partial charge in [-0.05, 0) is 30.5 Å². The van der Waals surface area contributed by atoms with Crippen LogP contribution in [0.3, 0.4) is 0 Å². The van der Waals surface area contributed by atoms with Gasteiger partial charge in [0.1, 0.15) is 17.3 Å². The molecule has 1 aromatic carbocycles. The van der Waals surface area contributed by atoms with Gasteiger partial charge in [-0.3, -0.25) is 9.78 Å². The zero-order chi connectivity index (χ0) is 16.9. The van der Waals surface area contributed by atoms with Gasteiger partial charge in [-0.15, -0.1) is 0 Å². The van der Waals surface area contributed by atoms with Crippen molar-refractivity contribution in [1.82, 2.24) is 14.9 Å². The second-order valence-electron chi connectivity index (χ2n) is 5.78. The highest BCUT2D eigenvalue weighted by molar-refractivity contribution is 5.92. The number of phenols is 1. The Kier molecular flexibility index (Phi) is 4.90. The summed E-state index contributed by atoms with van der Waals surface area (Å²) in [6.45, 7) is 1.71. The maximum atomic E-state index is 12.3. The van der Waals surface area contributed by atoms with Crippen LogP contribution in [0.5, 0.6) is 5.75 Å². The lowest BCUT2D eigenvalue weighted by atomic mass is 10.1. The molecule has 2 aromatic rings. The number of nitrogens with zero attached hydrogens (tertiary/aromatic N) is 3. The van der Waals surface area contributed by atoms with Gasteiger partial charge >= 0.3 is 0 Å². The number of anilines is 1. The van der Waals surface area contributed by atoms with Crippen molar-refractivity contribution in [2.75, 3.05) is 25.0 Å². The van der Waals surface area contributed by atoms with Crippen LogP contribution in [0.1, 0.15) is 35.0 Å². The molecule has 7 nitrogen and oxygen atoms in total. The Labute approximate surface area is 140 Å². The van der Waals surface area contributed by atoms with E-state index >= 15 is 0 Å². The normalized spacial score (nSPS) is 15.3. The first kappa shape index (κ1) is 16.2. The Balaban J connectivity index is 1.63. The van der Waals surface area contributed by atoms with Crippen LogP contribution >= 0.6 is 0 Å². The van der Waals surface area contributed by atoms with Crippen molar-refractivity contribution in [3.63, 3.8) is 0 Å². The van der Waals surface area contributed by atoms with E-state index in [4.69, 9.17) is 0 Å². The monoisotopic (exact) mass is 328 g/mol. The van der Waals surface area contributed by atoms with Crippen molar-refractivity contribution in [3.8, 4) is 5.75 Å². The van der Waals surface area contributed by atoms with Crippen LogP contribution in [0.4, 0.5) is 5.82 Å². The molecule has 2 heterocycles. The van der Waals surface area contributed by atoms with E-state index in [0.29, 0.717) is 17.1 Å². The molecular weight excluding hydrogens is 308 g/mol. The van der Waals surface area contributed by atoms with E-state index in [1.807, 2.05) is 0 Å². The molecule has 0 aliphatic carbocycles. The van der Waals surface area contributed by atoms with Gasteiger partial charge in [-0.2, -0.15) is 0 Å². The number of nitrogens with one attached hydrogen (secondary N) is 1. The highest BCUT2D eigenvalue weighted by Gasteiger charge is 2.21. The van der Waals surface area contributed by atoms with Crippen molar-refractivity contribution < 1.29 is 15.0 Å². The van der Waals surface area contributed by atoms with Crippen LogP contribution in [0.25, 0.3) is 0 Å². The third-order valence-electron chi connectivity index (χ3n) is 3.98. The lowest BCUT2D eigenvalue weighted by Crippen LogP contribution is -2.28. The first-order valence-corrected chi connectivity index (χ1v) is 7.95. The molecular formula is C17H20N4O3. The van der Waals surface area contributed by atoms with E-state index in [0.717, 1.165) is 25.9 Å². The molecule has 1 unspecified atom stereocenters. The molecule has 0 spiro atoms. The van der Waals surface area contributed by atoms with E-state index in [9.17, 15) is 15.0 Å². The van der Waals surface area contributed by atoms with Crippen LogP contribution in [0.2, 0.25) is 0 Å². The number of carbonyl (C=O) groups excluding carboxylic acids is 1. The zero-order valence-corrected chi connectivity index (χ0v) is 13.2. The number of benzene rings is 1. The maximum absolute atomic E-state index is 12.3. The zero-order valence-electron chi connectivity index (χ0n) is 13.2. The SMILES string of the molecule is O=C(c1cncc(NCC(O)c2cccc(O)c2)n1)N1CCCC1. The topological polar surface area (TPSA) is 98.6 Å². The maximum Gasteiger partial charge on any atom is 0.274 e. The summed E-state index contributed by atoms with van der Waals surface area (Å²) in [5.41, 5.74) is 0.897. The summed E-state index contributed by atoms with van der Waals surface area (Å²) >= 11 is 0. The molecule has 0 bridgehead atoms. The number of carbonyl (C=O) groups is 1. The van der Waals surface area contributed by atoms with Crippen molar-refractivity contribution in [2.24, 2.45) is 0 Å². The van der Waals surface area contributed by atoms with Gasteiger partial charge in [0, 0.05) is 19.6 Å². The predicted molar refractivity (Wildman–Crippen MR) is 88.7 cm³/mol. The van der Waals surface area contributed by atoms with Gasteiger partial charge in [0.2, 0.25) is 0 Å². The van der Waals surface area contributed by atoms with Gasteiger partial charge in [-0.25, -0.2) is 4.98 Å². The third kappa shape index (κ3) is 3.80. The Morgan fingerprint density at radius 2 is 2.08 bits per heavy atom. The summed E-state index contributed by atoms with van der Waals surface area (Å²) in [7, 11) is 0. The quantitative estimate of drug-likeness (QED) is 0.770. The number of phenolic OH excluding ortho intramolecular Hbond substituents is 1. The third-order valence-corrected chi connectivity index (χ3v) is 3.98. The number of likely N-dealkylation sites (tertiary alicyclic amines) is 1. The number of rotatable bonds is 5. The van der Waals surface area contributed by atoms with Crippen molar-refractivity contribution in [3.05, 3.63) is 47.9 Å². The summed E-state index contributed by atoms with van der Waals surface area (Å²) in [6.07, 6.45) is 4.20. The van der Waals surface area contributed by atoms with Crippen molar-refractivity contribution in [1.29, 1.82) is 0 Å². The van der Waals surface area contributed by atoms with Crippen LogP contribution in [0.15, 0.2) is 36.7 Å². The highest BCUT2D eigenvalue weighted by Crippen LogP contribution is 2.19. The van der Waals surface area contributed by atoms with E-state index in [1.54, 1.807) is 23.1 Å². The van der Waals surface area contributed by atoms with Crippen LogP contribution in [0, 0.1) is 0 Å². The van der Waals surface area contributed by atoms with Gasteiger partial charge in [0.15, 0.2) is 0 Å². The predicted octanol–water partition coefficient (Wildman–Crippen LogP) is 1.56. The lowest BCUT2D eigenvalue weighted by molar-refractivity contribution is 0.0786. The molecule has 1 fully saturated rings. The van der Waals surface area contributed by atoms with Gasteiger partial charge < -0.3 is 20.4 Å². The fourth-order valence-corrected chi connectivity index (χ4v) is 2.69.